The molecule has 2 nitrogen and oxygen atoms in total. The van der Waals surface area contributed by atoms with Crippen LogP contribution in [-0.4, -0.2) is 11.5 Å². The summed E-state index contributed by atoms with van der Waals surface area (Å²) in [7, 11) is 0. The number of hydrogen-bond donors (Lipinski definition) is 1. The summed E-state index contributed by atoms with van der Waals surface area (Å²) in [6.07, 6.45) is 2.27. The molecule has 0 saturated heterocycles. The Hall–Kier alpha value is -0.570. The van der Waals surface area contributed by atoms with Crippen molar-refractivity contribution in [1.29, 1.82) is 0 Å². The van der Waals surface area contributed by atoms with Gasteiger partial charge in [0.15, 0.2) is 5.13 Å². The number of anilines is 1. The second kappa shape index (κ2) is 4.34. The van der Waals surface area contributed by atoms with E-state index >= 15 is 0 Å². The van der Waals surface area contributed by atoms with E-state index in [0.29, 0.717) is 0 Å². The molecule has 62 valence electrons. The van der Waals surface area contributed by atoms with Gasteiger partial charge in [0, 0.05) is 11.9 Å². The second-order valence-electron chi connectivity index (χ2n) is 2.42. The number of hydrogen-bond acceptors (Lipinski definition) is 3. The Labute approximate surface area is 71.7 Å². The predicted molar refractivity (Wildman–Crippen MR) is 50.3 cm³/mol. The second-order valence-corrected chi connectivity index (χ2v) is 3.28. The highest BCUT2D eigenvalue weighted by atomic mass is 32.1. The SMILES string of the molecule is CCCc1csc(NCC)n1. The van der Waals surface area contributed by atoms with Crippen molar-refractivity contribution < 1.29 is 0 Å². The van der Waals surface area contributed by atoms with Gasteiger partial charge in [-0.15, -0.1) is 11.3 Å². The Morgan fingerprint density at radius 1 is 1.55 bits per heavy atom. The molecule has 0 aliphatic heterocycles. The van der Waals surface area contributed by atoms with Gasteiger partial charge in [-0.25, -0.2) is 4.98 Å². The van der Waals surface area contributed by atoms with E-state index in [1.54, 1.807) is 11.3 Å². The lowest BCUT2D eigenvalue weighted by Gasteiger charge is -1.93. The van der Waals surface area contributed by atoms with Crippen LogP contribution >= 0.6 is 11.3 Å². The van der Waals surface area contributed by atoms with Crippen molar-refractivity contribution in [3.05, 3.63) is 11.1 Å². The van der Waals surface area contributed by atoms with E-state index in [2.05, 4.69) is 29.5 Å². The van der Waals surface area contributed by atoms with Crippen molar-refractivity contribution in [3.63, 3.8) is 0 Å². The Bertz CT molecular complexity index is 187. The zero-order chi connectivity index (χ0) is 8.10. The number of aryl methyl sites for hydroxylation is 1. The summed E-state index contributed by atoms with van der Waals surface area (Å²) >= 11 is 1.69. The van der Waals surface area contributed by atoms with Crippen LogP contribution in [0.2, 0.25) is 0 Å². The first-order chi connectivity index (χ1) is 5.36. The third-order valence-corrected chi connectivity index (χ3v) is 2.23. The fourth-order valence-electron chi connectivity index (χ4n) is 0.910. The maximum atomic E-state index is 4.40. The van der Waals surface area contributed by atoms with Gasteiger partial charge in [0.1, 0.15) is 0 Å². The lowest BCUT2D eigenvalue weighted by Crippen LogP contribution is -1.95. The van der Waals surface area contributed by atoms with Crippen LogP contribution in [0.5, 0.6) is 0 Å². The molecule has 3 heteroatoms. The molecule has 0 amide bonds. The molecule has 0 atom stereocenters. The first-order valence-electron chi connectivity index (χ1n) is 4.05. The molecule has 0 aliphatic carbocycles. The van der Waals surface area contributed by atoms with Crippen molar-refractivity contribution in [2.24, 2.45) is 0 Å². The Balaban J connectivity index is 2.51. The molecule has 0 radical (unpaired) electrons. The summed E-state index contributed by atoms with van der Waals surface area (Å²) in [6.45, 7) is 5.21. The lowest BCUT2D eigenvalue weighted by atomic mass is 10.3. The molecule has 1 aromatic rings. The minimum atomic E-state index is 0.957. The Morgan fingerprint density at radius 2 is 2.36 bits per heavy atom. The molecule has 11 heavy (non-hydrogen) atoms. The number of rotatable bonds is 4. The van der Waals surface area contributed by atoms with Gasteiger partial charge >= 0.3 is 0 Å². The topological polar surface area (TPSA) is 24.9 Å². The average molecular weight is 170 g/mol. The molecule has 0 unspecified atom stereocenters. The predicted octanol–water partition coefficient (Wildman–Crippen LogP) is 2.53. The Morgan fingerprint density at radius 3 is 3.00 bits per heavy atom. The van der Waals surface area contributed by atoms with Gasteiger partial charge < -0.3 is 5.32 Å². The van der Waals surface area contributed by atoms with E-state index in [4.69, 9.17) is 0 Å². The largest absolute Gasteiger partial charge is 0.362 e. The zero-order valence-corrected chi connectivity index (χ0v) is 7.87. The summed E-state index contributed by atoms with van der Waals surface area (Å²) < 4.78 is 0. The van der Waals surface area contributed by atoms with Crippen LogP contribution < -0.4 is 5.32 Å². The molecule has 0 bridgehead atoms. The normalized spacial score (nSPS) is 10.0. The number of nitrogens with one attached hydrogen (secondary N) is 1. The summed E-state index contributed by atoms with van der Waals surface area (Å²) in [6, 6.07) is 0. The highest BCUT2D eigenvalue weighted by molar-refractivity contribution is 7.13. The molecular weight excluding hydrogens is 156 g/mol. The average Bonchev–Trinajstić information content (AvgIpc) is 2.38. The van der Waals surface area contributed by atoms with E-state index in [-0.39, 0.29) is 0 Å². The van der Waals surface area contributed by atoms with Gasteiger partial charge in [-0.3, -0.25) is 0 Å². The van der Waals surface area contributed by atoms with Crippen molar-refractivity contribution in [3.8, 4) is 0 Å². The van der Waals surface area contributed by atoms with Gasteiger partial charge in [0.05, 0.1) is 5.69 Å². The molecule has 0 spiro atoms. The fourth-order valence-corrected chi connectivity index (χ4v) is 1.73. The molecule has 1 aromatic heterocycles. The standard InChI is InChI=1S/C8H14N2S/c1-3-5-7-6-11-8(10-7)9-4-2/h6H,3-5H2,1-2H3,(H,9,10). The first-order valence-corrected chi connectivity index (χ1v) is 4.93. The van der Waals surface area contributed by atoms with E-state index in [1.165, 1.54) is 12.1 Å². The van der Waals surface area contributed by atoms with Gasteiger partial charge in [-0.2, -0.15) is 0 Å². The maximum absolute atomic E-state index is 4.40. The Kier molecular flexibility index (Phi) is 3.36. The van der Waals surface area contributed by atoms with Crippen molar-refractivity contribution >= 4 is 16.5 Å². The zero-order valence-electron chi connectivity index (χ0n) is 7.05. The molecule has 0 aromatic carbocycles. The van der Waals surface area contributed by atoms with Gasteiger partial charge in [-0.05, 0) is 13.3 Å². The maximum Gasteiger partial charge on any atom is 0.182 e. The molecule has 0 fully saturated rings. The summed E-state index contributed by atoms with van der Waals surface area (Å²) in [5.41, 5.74) is 1.22. The number of aromatic nitrogens is 1. The van der Waals surface area contributed by atoms with Crippen LogP contribution in [0.25, 0.3) is 0 Å². The minimum Gasteiger partial charge on any atom is -0.362 e. The van der Waals surface area contributed by atoms with E-state index in [9.17, 15) is 0 Å². The van der Waals surface area contributed by atoms with Gasteiger partial charge in [0.25, 0.3) is 0 Å². The van der Waals surface area contributed by atoms with Crippen molar-refractivity contribution in [1.82, 2.24) is 4.98 Å². The van der Waals surface area contributed by atoms with Crippen molar-refractivity contribution in [2.45, 2.75) is 26.7 Å². The smallest absolute Gasteiger partial charge is 0.182 e. The van der Waals surface area contributed by atoms with Gasteiger partial charge in [-0.1, -0.05) is 13.3 Å². The monoisotopic (exact) mass is 170 g/mol. The minimum absolute atomic E-state index is 0.957. The highest BCUT2D eigenvalue weighted by Crippen LogP contribution is 2.15. The molecule has 1 rings (SSSR count). The molecule has 1 N–H and O–H groups in total. The summed E-state index contributed by atoms with van der Waals surface area (Å²) in [5.74, 6) is 0. The van der Waals surface area contributed by atoms with Crippen LogP contribution in [0.3, 0.4) is 0 Å². The third-order valence-electron chi connectivity index (χ3n) is 1.39. The van der Waals surface area contributed by atoms with Crippen LogP contribution in [0.4, 0.5) is 5.13 Å². The van der Waals surface area contributed by atoms with Gasteiger partial charge in [0.2, 0.25) is 0 Å². The van der Waals surface area contributed by atoms with E-state index in [0.717, 1.165) is 18.1 Å². The number of thiazole rings is 1. The summed E-state index contributed by atoms with van der Waals surface area (Å²) in [5, 5.41) is 6.37. The molecular formula is C8H14N2S. The molecule has 0 saturated carbocycles. The van der Waals surface area contributed by atoms with Crippen molar-refractivity contribution in [2.75, 3.05) is 11.9 Å². The van der Waals surface area contributed by atoms with E-state index < -0.39 is 0 Å². The van der Waals surface area contributed by atoms with Crippen LogP contribution in [-0.2, 0) is 6.42 Å². The van der Waals surface area contributed by atoms with Crippen LogP contribution in [0.1, 0.15) is 26.0 Å². The number of nitrogens with zero attached hydrogens (tertiary/aromatic N) is 1. The fraction of sp³-hybridized carbons (Fsp3) is 0.625. The van der Waals surface area contributed by atoms with E-state index in [1.807, 2.05) is 0 Å². The highest BCUT2D eigenvalue weighted by Gasteiger charge is 1.97. The quantitative estimate of drug-likeness (QED) is 0.751. The van der Waals surface area contributed by atoms with Crippen LogP contribution in [0, 0.1) is 0 Å². The third kappa shape index (κ3) is 2.50. The van der Waals surface area contributed by atoms with Crippen LogP contribution in [0.15, 0.2) is 5.38 Å². The molecule has 1 heterocycles. The lowest BCUT2D eigenvalue weighted by molar-refractivity contribution is 0.892. The first kappa shape index (κ1) is 8.53. The molecule has 0 aliphatic rings. The summed E-state index contributed by atoms with van der Waals surface area (Å²) in [4.78, 5) is 4.40.